The Morgan fingerprint density at radius 1 is 1.17 bits per heavy atom. The molecule has 0 aromatic heterocycles. The second-order valence-corrected chi connectivity index (χ2v) is 8.92. The van der Waals surface area contributed by atoms with Gasteiger partial charge in [-0.3, -0.25) is 9.59 Å². The van der Waals surface area contributed by atoms with Crippen LogP contribution >= 0.6 is 0 Å². The van der Waals surface area contributed by atoms with E-state index in [1.165, 1.54) is 12.1 Å². The minimum Gasteiger partial charge on any atom is -0.355 e. The van der Waals surface area contributed by atoms with Gasteiger partial charge in [-0.2, -0.15) is 0 Å². The fourth-order valence-electron chi connectivity index (χ4n) is 3.46. The van der Waals surface area contributed by atoms with Crippen LogP contribution in [0.1, 0.15) is 23.1 Å². The Bertz CT molecular complexity index is 1030. The Labute approximate surface area is 171 Å². The van der Waals surface area contributed by atoms with Gasteiger partial charge < -0.3 is 10.2 Å². The maximum Gasteiger partial charge on any atom is 0.238 e. The minimum atomic E-state index is -3.71. The van der Waals surface area contributed by atoms with Crippen molar-refractivity contribution < 1.29 is 18.0 Å². The van der Waals surface area contributed by atoms with E-state index in [0.717, 1.165) is 22.4 Å². The number of hydrogen-bond acceptors (Lipinski definition) is 4. The van der Waals surface area contributed by atoms with E-state index in [9.17, 15) is 18.0 Å². The Morgan fingerprint density at radius 2 is 1.86 bits per heavy atom. The first-order valence-electron chi connectivity index (χ1n) is 9.43. The summed E-state index contributed by atoms with van der Waals surface area (Å²) in [6.07, 6.45) is 0.750. The first kappa shape index (κ1) is 21.0. The third-order valence-electron chi connectivity index (χ3n) is 5.33. The summed E-state index contributed by atoms with van der Waals surface area (Å²) < 4.78 is 22.6. The number of primary sulfonamides is 1. The first-order chi connectivity index (χ1) is 13.7. The van der Waals surface area contributed by atoms with E-state index in [1.54, 1.807) is 17.0 Å². The van der Waals surface area contributed by atoms with Crippen molar-refractivity contribution in [3.63, 3.8) is 0 Å². The quantitative estimate of drug-likeness (QED) is 0.748. The van der Waals surface area contributed by atoms with E-state index >= 15 is 0 Å². The third kappa shape index (κ3) is 4.83. The smallest absolute Gasteiger partial charge is 0.238 e. The fraction of sp³-hybridized carbons (Fsp3) is 0.333. The lowest BCUT2D eigenvalue weighted by molar-refractivity contribution is -0.126. The molecule has 3 rings (SSSR count). The summed E-state index contributed by atoms with van der Waals surface area (Å²) in [5, 5.41) is 7.96. The van der Waals surface area contributed by atoms with Gasteiger partial charge in [-0.15, -0.1) is 0 Å². The average molecular weight is 416 g/mol. The zero-order chi connectivity index (χ0) is 21.2. The number of benzene rings is 2. The summed E-state index contributed by atoms with van der Waals surface area (Å²) in [6.45, 7) is 4.76. The second kappa shape index (κ2) is 8.34. The zero-order valence-electron chi connectivity index (χ0n) is 16.5. The molecule has 1 aliphatic rings. The molecule has 7 nitrogen and oxygen atoms in total. The van der Waals surface area contributed by atoms with Crippen LogP contribution < -0.4 is 15.4 Å². The standard InChI is InChI=1S/C21H25N3O4S/c1-14-4-3-5-19(15(14)2)24-13-17(12-20(24)25)21(26)23-11-10-16-6-8-18(9-7-16)29(22,27)28/h3-9,17H,10-13H2,1-2H3,(H,23,26)(H2,22,27,28)/t17-/m1/s1. The van der Waals surface area contributed by atoms with Gasteiger partial charge >= 0.3 is 0 Å². The molecule has 3 N–H and O–H groups in total. The zero-order valence-corrected chi connectivity index (χ0v) is 17.3. The molecule has 0 radical (unpaired) electrons. The molecular weight excluding hydrogens is 390 g/mol. The van der Waals surface area contributed by atoms with E-state index in [1.807, 2.05) is 32.0 Å². The molecule has 1 atom stereocenters. The van der Waals surface area contributed by atoms with Crippen molar-refractivity contribution in [2.75, 3.05) is 18.0 Å². The number of aryl methyl sites for hydroxylation is 1. The Balaban J connectivity index is 1.55. The van der Waals surface area contributed by atoms with Gasteiger partial charge in [0.25, 0.3) is 0 Å². The van der Waals surface area contributed by atoms with Gasteiger partial charge in [-0.05, 0) is 55.2 Å². The molecule has 8 heteroatoms. The SMILES string of the molecule is Cc1cccc(N2C[C@H](C(=O)NCCc3ccc(S(N)(=O)=O)cc3)CC2=O)c1C. The molecule has 2 aromatic carbocycles. The van der Waals surface area contributed by atoms with Gasteiger partial charge in [0.2, 0.25) is 21.8 Å². The van der Waals surface area contributed by atoms with Crippen molar-refractivity contribution in [2.45, 2.75) is 31.6 Å². The summed E-state index contributed by atoms with van der Waals surface area (Å²) in [5.41, 5.74) is 3.90. The van der Waals surface area contributed by atoms with Crippen LogP contribution in [-0.4, -0.2) is 33.3 Å². The number of rotatable bonds is 6. The molecule has 2 amide bonds. The maximum absolute atomic E-state index is 12.5. The molecule has 0 aliphatic carbocycles. The molecule has 0 saturated carbocycles. The van der Waals surface area contributed by atoms with Gasteiger partial charge in [0.05, 0.1) is 10.8 Å². The van der Waals surface area contributed by atoms with Crippen molar-refractivity contribution in [1.82, 2.24) is 5.32 Å². The number of nitrogens with two attached hydrogens (primary N) is 1. The van der Waals surface area contributed by atoms with E-state index in [4.69, 9.17) is 5.14 Å². The predicted molar refractivity (Wildman–Crippen MR) is 111 cm³/mol. The molecule has 1 saturated heterocycles. The van der Waals surface area contributed by atoms with E-state index < -0.39 is 10.0 Å². The van der Waals surface area contributed by atoms with Crippen LogP contribution in [0, 0.1) is 19.8 Å². The number of anilines is 1. The Morgan fingerprint density at radius 3 is 2.52 bits per heavy atom. The number of nitrogens with zero attached hydrogens (tertiary/aromatic N) is 1. The molecule has 1 heterocycles. The number of sulfonamides is 1. The third-order valence-corrected chi connectivity index (χ3v) is 6.26. The van der Waals surface area contributed by atoms with Gasteiger partial charge in [-0.1, -0.05) is 24.3 Å². The van der Waals surface area contributed by atoms with Crippen LogP contribution in [0.5, 0.6) is 0 Å². The summed E-state index contributed by atoms with van der Waals surface area (Å²) in [7, 11) is -3.71. The van der Waals surface area contributed by atoms with Crippen molar-refractivity contribution in [3.8, 4) is 0 Å². The van der Waals surface area contributed by atoms with E-state index in [-0.39, 0.29) is 29.0 Å². The first-order valence-corrected chi connectivity index (χ1v) is 11.0. The van der Waals surface area contributed by atoms with Crippen LogP contribution in [0.2, 0.25) is 0 Å². The summed E-state index contributed by atoms with van der Waals surface area (Å²) in [5.74, 6) is -0.572. The van der Waals surface area contributed by atoms with Crippen LogP contribution in [0.4, 0.5) is 5.69 Å². The minimum absolute atomic E-state index is 0.0440. The molecule has 0 spiro atoms. The molecule has 1 aliphatic heterocycles. The number of amides is 2. The monoisotopic (exact) mass is 415 g/mol. The highest BCUT2D eigenvalue weighted by molar-refractivity contribution is 7.89. The Kier molecular flexibility index (Phi) is 6.04. The topological polar surface area (TPSA) is 110 Å². The summed E-state index contributed by atoms with van der Waals surface area (Å²) in [4.78, 5) is 26.7. The van der Waals surface area contributed by atoms with Crippen LogP contribution in [0.25, 0.3) is 0 Å². The number of carbonyl (C=O) groups is 2. The number of hydrogen-bond donors (Lipinski definition) is 2. The normalized spacial score (nSPS) is 16.9. The van der Waals surface area contributed by atoms with Gasteiger partial charge in [0.15, 0.2) is 0 Å². The van der Waals surface area contributed by atoms with E-state index in [2.05, 4.69) is 5.32 Å². The maximum atomic E-state index is 12.5. The van der Waals surface area contributed by atoms with Gasteiger partial charge in [0.1, 0.15) is 0 Å². The highest BCUT2D eigenvalue weighted by Gasteiger charge is 2.35. The molecule has 29 heavy (non-hydrogen) atoms. The molecular formula is C21H25N3O4S. The van der Waals surface area contributed by atoms with Crippen molar-refractivity contribution in [2.24, 2.45) is 11.1 Å². The lowest BCUT2D eigenvalue weighted by Crippen LogP contribution is -2.34. The second-order valence-electron chi connectivity index (χ2n) is 7.35. The van der Waals surface area contributed by atoms with Crippen molar-refractivity contribution >= 4 is 27.5 Å². The van der Waals surface area contributed by atoms with Gasteiger partial charge in [0, 0.05) is 25.2 Å². The molecule has 0 bridgehead atoms. The summed E-state index contributed by atoms with van der Waals surface area (Å²) in [6, 6.07) is 12.1. The van der Waals surface area contributed by atoms with Crippen LogP contribution in [0.3, 0.4) is 0 Å². The number of carbonyl (C=O) groups excluding carboxylic acids is 2. The Hall–Kier alpha value is -2.71. The number of nitrogens with one attached hydrogen (secondary N) is 1. The lowest BCUT2D eigenvalue weighted by Gasteiger charge is -2.20. The van der Waals surface area contributed by atoms with Crippen LogP contribution in [0.15, 0.2) is 47.4 Å². The molecule has 0 unspecified atom stereocenters. The molecule has 1 fully saturated rings. The fourth-order valence-corrected chi connectivity index (χ4v) is 3.98. The van der Waals surface area contributed by atoms with E-state index in [0.29, 0.717) is 19.5 Å². The average Bonchev–Trinajstić information content (AvgIpc) is 3.05. The highest BCUT2D eigenvalue weighted by Crippen LogP contribution is 2.29. The van der Waals surface area contributed by atoms with Crippen molar-refractivity contribution in [1.29, 1.82) is 0 Å². The predicted octanol–water partition coefficient (Wildman–Crippen LogP) is 1.66. The van der Waals surface area contributed by atoms with Gasteiger partial charge in [-0.25, -0.2) is 13.6 Å². The summed E-state index contributed by atoms with van der Waals surface area (Å²) >= 11 is 0. The van der Waals surface area contributed by atoms with Crippen molar-refractivity contribution in [3.05, 3.63) is 59.2 Å². The molecule has 154 valence electrons. The lowest BCUT2D eigenvalue weighted by atomic mass is 10.1. The van der Waals surface area contributed by atoms with Crippen LogP contribution in [-0.2, 0) is 26.0 Å². The largest absolute Gasteiger partial charge is 0.355 e. The highest BCUT2D eigenvalue weighted by atomic mass is 32.2. The molecule has 2 aromatic rings.